The number of morpholine rings is 1. The van der Waals surface area contributed by atoms with Crippen molar-refractivity contribution >= 4 is 40.9 Å². The molecule has 1 fully saturated rings. The molecule has 2 aromatic rings. The molecular formula is C22H24ClN3O5S. The second-order valence-electron chi connectivity index (χ2n) is 7.31. The van der Waals surface area contributed by atoms with E-state index >= 15 is 0 Å². The second kappa shape index (κ2) is 11.3. The molecule has 2 amide bonds. The highest BCUT2D eigenvalue weighted by Gasteiger charge is 2.31. The van der Waals surface area contributed by atoms with Gasteiger partial charge in [0.05, 0.1) is 18.1 Å². The van der Waals surface area contributed by atoms with Gasteiger partial charge < -0.3 is 15.0 Å². The summed E-state index contributed by atoms with van der Waals surface area (Å²) in [4.78, 5) is 38.2. The quantitative estimate of drug-likeness (QED) is 0.459. The number of carbonyl (C=O) groups excluding carboxylic acids is 2. The Hall–Kier alpha value is -2.62. The minimum atomic E-state index is -0.738. The summed E-state index contributed by atoms with van der Waals surface area (Å²) in [6, 6.07) is 12.0. The molecule has 2 atom stereocenters. The Morgan fingerprint density at radius 2 is 2.06 bits per heavy atom. The number of hydrogen-bond donors (Lipinski definition) is 1. The van der Waals surface area contributed by atoms with E-state index in [1.165, 1.54) is 24.3 Å². The summed E-state index contributed by atoms with van der Waals surface area (Å²) < 4.78 is 5.84. The third-order valence-corrected chi connectivity index (χ3v) is 6.05. The minimum Gasteiger partial charge on any atom is -0.370 e. The SMILES string of the molecule is CSCCC(NC(=O)c1cccc([N+](=O)[O-])c1)C(=O)N1CCOC(c2ccc(Cl)cc2)C1. The van der Waals surface area contributed by atoms with Gasteiger partial charge >= 0.3 is 0 Å². The van der Waals surface area contributed by atoms with Crippen molar-refractivity contribution in [2.45, 2.75) is 18.6 Å². The van der Waals surface area contributed by atoms with Gasteiger partial charge in [0.25, 0.3) is 11.6 Å². The first-order chi connectivity index (χ1) is 15.4. The summed E-state index contributed by atoms with van der Waals surface area (Å²) in [5.41, 5.74) is 0.888. The monoisotopic (exact) mass is 477 g/mol. The van der Waals surface area contributed by atoms with Crippen LogP contribution >= 0.6 is 23.4 Å². The lowest BCUT2D eigenvalue weighted by molar-refractivity contribution is -0.384. The Labute approximate surface area is 195 Å². The van der Waals surface area contributed by atoms with Gasteiger partial charge in [-0.15, -0.1) is 0 Å². The van der Waals surface area contributed by atoms with Gasteiger partial charge in [-0.1, -0.05) is 29.8 Å². The van der Waals surface area contributed by atoms with Crippen LogP contribution in [-0.4, -0.2) is 59.4 Å². The summed E-state index contributed by atoms with van der Waals surface area (Å²) in [6.07, 6.45) is 2.09. The van der Waals surface area contributed by atoms with Crippen LogP contribution in [0.3, 0.4) is 0 Å². The summed E-state index contributed by atoms with van der Waals surface area (Å²) >= 11 is 7.53. The predicted molar refractivity (Wildman–Crippen MR) is 124 cm³/mol. The first kappa shape index (κ1) is 24.0. The lowest BCUT2D eigenvalue weighted by Crippen LogP contribution is -2.52. The molecule has 1 N–H and O–H groups in total. The lowest BCUT2D eigenvalue weighted by Gasteiger charge is -2.35. The van der Waals surface area contributed by atoms with Crippen molar-refractivity contribution in [1.29, 1.82) is 0 Å². The number of thioether (sulfide) groups is 1. The molecule has 10 heteroatoms. The first-order valence-corrected chi connectivity index (χ1v) is 11.9. The van der Waals surface area contributed by atoms with E-state index in [4.69, 9.17) is 16.3 Å². The van der Waals surface area contributed by atoms with Gasteiger partial charge in [-0.2, -0.15) is 11.8 Å². The van der Waals surface area contributed by atoms with Gasteiger partial charge in [0.15, 0.2) is 0 Å². The highest BCUT2D eigenvalue weighted by molar-refractivity contribution is 7.98. The third-order valence-electron chi connectivity index (χ3n) is 5.15. The molecule has 1 aliphatic heterocycles. The molecule has 0 radical (unpaired) electrons. The Morgan fingerprint density at radius 1 is 1.31 bits per heavy atom. The molecule has 0 bridgehead atoms. The summed E-state index contributed by atoms with van der Waals surface area (Å²) in [5.74, 6) is -0.0351. The van der Waals surface area contributed by atoms with Crippen LogP contribution in [0.2, 0.25) is 5.02 Å². The lowest BCUT2D eigenvalue weighted by atomic mass is 10.1. The largest absolute Gasteiger partial charge is 0.370 e. The Bertz CT molecular complexity index is 972. The molecule has 0 aromatic heterocycles. The number of nitrogens with zero attached hydrogens (tertiary/aromatic N) is 2. The molecule has 1 saturated heterocycles. The summed E-state index contributed by atoms with van der Waals surface area (Å²) in [6.45, 7) is 1.17. The van der Waals surface area contributed by atoms with E-state index in [2.05, 4.69) is 5.32 Å². The van der Waals surface area contributed by atoms with Gasteiger partial charge in [0.2, 0.25) is 5.91 Å². The molecule has 1 aliphatic rings. The molecule has 170 valence electrons. The van der Waals surface area contributed by atoms with Gasteiger partial charge in [-0.05, 0) is 42.2 Å². The molecule has 0 saturated carbocycles. The zero-order chi connectivity index (χ0) is 23.1. The van der Waals surface area contributed by atoms with E-state index in [9.17, 15) is 19.7 Å². The number of nitro benzene ring substituents is 1. The number of non-ortho nitro benzene ring substituents is 1. The number of amides is 2. The molecule has 1 heterocycles. The minimum absolute atomic E-state index is 0.141. The van der Waals surface area contributed by atoms with Crippen molar-refractivity contribution in [2.24, 2.45) is 0 Å². The topological polar surface area (TPSA) is 102 Å². The average Bonchev–Trinajstić information content (AvgIpc) is 2.81. The zero-order valence-corrected chi connectivity index (χ0v) is 19.1. The Balaban J connectivity index is 1.72. The summed E-state index contributed by atoms with van der Waals surface area (Å²) in [7, 11) is 0. The van der Waals surface area contributed by atoms with E-state index in [1.807, 2.05) is 18.4 Å². The normalized spacial score (nSPS) is 16.9. The maximum atomic E-state index is 13.3. The Morgan fingerprint density at radius 3 is 2.75 bits per heavy atom. The van der Waals surface area contributed by atoms with Crippen LogP contribution < -0.4 is 5.32 Å². The highest BCUT2D eigenvalue weighted by Crippen LogP contribution is 2.24. The van der Waals surface area contributed by atoms with Crippen molar-refractivity contribution in [1.82, 2.24) is 10.2 Å². The fourth-order valence-electron chi connectivity index (χ4n) is 3.44. The number of nitro groups is 1. The zero-order valence-electron chi connectivity index (χ0n) is 17.5. The van der Waals surface area contributed by atoms with E-state index in [1.54, 1.807) is 28.8 Å². The van der Waals surface area contributed by atoms with Crippen LogP contribution in [0.4, 0.5) is 5.69 Å². The number of benzene rings is 2. The van der Waals surface area contributed by atoms with E-state index in [0.717, 1.165) is 5.56 Å². The predicted octanol–water partition coefficient (Wildman–Crippen LogP) is 3.70. The molecule has 2 aromatic carbocycles. The highest BCUT2D eigenvalue weighted by atomic mass is 35.5. The van der Waals surface area contributed by atoms with E-state index in [0.29, 0.717) is 36.9 Å². The number of nitrogens with one attached hydrogen (secondary N) is 1. The van der Waals surface area contributed by atoms with Gasteiger partial charge in [0.1, 0.15) is 12.1 Å². The molecule has 8 nitrogen and oxygen atoms in total. The van der Waals surface area contributed by atoms with E-state index in [-0.39, 0.29) is 23.3 Å². The van der Waals surface area contributed by atoms with Gasteiger partial charge in [-0.25, -0.2) is 0 Å². The average molecular weight is 478 g/mol. The van der Waals surface area contributed by atoms with Crippen molar-refractivity contribution in [3.8, 4) is 0 Å². The van der Waals surface area contributed by atoms with Crippen LogP contribution in [-0.2, 0) is 9.53 Å². The van der Waals surface area contributed by atoms with Crippen molar-refractivity contribution < 1.29 is 19.2 Å². The van der Waals surface area contributed by atoms with Gasteiger partial charge in [-0.3, -0.25) is 19.7 Å². The fraction of sp³-hybridized carbons (Fsp3) is 0.364. The van der Waals surface area contributed by atoms with Crippen molar-refractivity contribution in [3.05, 3.63) is 74.8 Å². The van der Waals surface area contributed by atoms with Crippen LogP contribution in [0.25, 0.3) is 0 Å². The Kier molecular flexibility index (Phi) is 8.49. The van der Waals surface area contributed by atoms with Crippen LogP contribution in [0.5, 0.6) is 0 Å². The third kappa shape index (κ3) is 6.21. The molecule has 3 rings (SSSR count). The summed E-state index contributed by atoms with van der Waals surface area (Å²) in [5, 5.41) is 14.4. The van der Waals surface area contributed by atoms with Crippen molar-refractivity contribution in [2.75, 3.05) is 31.7 Å². The van der Waals surface area contributed by atoms with Crippen LogP contribution in [0, 0.1) is 10.1 Å². The van der Waals surface area contributed by atoms with Crippen LogP contribution in [0.15, 0.2) is 48.5 Å². The fourth-order valence-corrected chi connectivity index (χ4v) is 4.04. The maximum absolute atomic E-state index is 13.3. The molecule has 0 spiro atoms. The van der Waals surface area contributed by atoms with Gasteiger partial charge in [0, 0.05) is 29.3 Å². The number of rotatable bonds is 8. The van der Waals surface area contributed by atoms with E-state index < -0.39 is 16.9 Å². The smallest absolute Gasteiger partial charge is 0.270 e. The number of carbonyl (C=O) groups is 2. The molecule has 32 heavy (non-hydrogen) atoms. The molecular weight excluding hydrogens is 454 g/mol. The number of halogens is 1. The second-order valence-corrected chi connectivity index (χ2v) is 8.73. The van der Waals surface area contributed by atoms with Crippen LogP contribution in [0.1, 0.15) is 28.4 Å². The molecule has 0 aliphatic carbocycles. The number of ether oxygens (including phenoxy) is 1. The van der Waals surface area contributed by atoms with Crippen molar-refractivity contribution in [3.63, 3.8) is 0 Å². The number of hydrogen-bond acceptors (Lipinski definition) is 6. The first-order valence-electron chi connectivity index (χ1n) is 10.1. The standard InChI is InChI=1S/C22H24ClN3O5S/c1-32-12-9-19(24-21(27)16-3-2-4-18(13-16)26(29)30)22(28)25-10-11-31-20(14-25)15-5-7-17(23)8-6-15/h2-8,13,19-20H,9-12,14H2,1H3,(H,24,27). The molecule has 2 unspecified atom stereocenters. The maximum Gasteiger partial charge on any atom is 0.270 e.